The van der Waals surface area contributed by atoms with Gasteiger partial charge in [0.2, 0.25) is 11.2 Å². The first-order chi connectivity index (χ1) is 24.6. The third-order valence-electron chi connectivity index (χ3n) is 8.08. The molecule has 260 valence electrons. The van der Waals surface area contributed by atoms with E-state index in [2.05, 4.69) is 111 Å². The van der Waals surface area contributed by atoms with Crippen molar-refractivity contribution in [1.82, 2.24) is 30.2 Å². The highest BCUT2D eigenvalue weighted by Crippen LogP contribution is 2.33. The zero-order valence-corrected chi connectivity index (χ0v) is 33.4. The largest absolute Gasteiger partial charge is 0.361 e. The fourth-order valence-electron chi connectivity index (χ4n) is 5.68. The Hall–Kier alpha value is -4.25. The zero-order chi connectivity index (χ0) is 36.1. The van der Waals surface area contributed by atoms with Crippen LogP contribution in [0.4, 0.5) is 5.95 Å². The Morgan fingerprint density at radius 1 is 0.686 bits per heavy atom. The molecule has 4 aromatic carbocycles. The number of aryl methyl sites for hydroxylation is 4. The molecule has 8 rings (SSSR count). The number of H-pyrrole nitrogens is 2. The molecule has 0 fully saturated rings. The van der Waals surface area contributed by atoms with Gasteiger partial charge in [-0.25, -0.2) is 9.97 Å². The van der Waals surface area contributed by atoms with Crippen LogP contribution in [0.5, 0.6) is 0 Å². The minimum Gasteiger partial charge on any atom is -0.361 e. The predicted octanol–water partition coefficient (Wildman–Crippen LogP) is 10.3. The molecule has 0 aliphatic rings. The Morgan fingerprint density at radius 3 is 1.65 bits per heavy atom. The summed E-state index contributed by atoms with van der Waals surface area (Å²) in [5, 5.41) is 11.8. The summed E-state index contributed by atoms with van der Waals surface area (Å²) in [6.07, 6.45) is 0. The number of nitrogens with one attached hydrogen (secondary N) is 3. The molecule has 0 radical (unpaired) electrons. The molecule has 51 heavy (non-hydrogen) atoms. The molecule has 0 bridgehead atoms. The summed E-state index contributed by atoms with van der Waals surface area (Å²) in [7, 11) is 0. The van der Waals surface area contributed by atoms with Gasteiger partial charge in [0.05, 0.1) is 22.4 Å². The summed E-state index contributed by atoms with van der Waals surface area (Å²) in [6.45, 7) is 9.11. The fraction of sp³-hybridized carbons (Fsp3) is 0.158. The minimum absolute atomic E-state index is 0.402. The summed E-state index contributed by atoms with van der Waals surface area (Å²) in [5.41, 5.74) is 17.5. The molecular weight excluding hydrogens is 890 g/mol. The van der Waals surface area contributed by atoms with Gasteiger partial charge in [0.15, 0.2) is 0 Å². The van der Waals surface area contributed by atoms with Crippen molar-refractivity contribution in [1.29, 1.82) is 0 Å². The standard InChI is InChI=1S/C19H17IN4O.C12H9ClIN3O.C7H9N/c1-11-17(12(2)25-24-11)14-8-15(20)18-16(9-14)22-19(23-18)21-10-13-6-4-3-5-7-13;1-5-10(6(2)18-17-5)7-3-8(14)11-9(4-7)15-12(13)16-11;8-6-7-4-2-1-3-5-7/h3-9H,10H2,1-2H3,(H2,21,22,23);3-4H,1-2H3,(H,15,16);1-5H,6,8H2. The van der Waals surface area contributed by atoms with Crippen molar-refractivity contribution in [2.24, 2.45) is 5.73 Å². The van der Waals surface area contributed by atoms with Gasteiger partial charge in [-0.15, -0.1) is 0 Å². The van der Waals surface area contributed by atoms with E-state index in [0.717, 1.165) is 86.9 Å². The van der Waals surface area contributed by atoms with Gasteiger partial charge in [-0.05, 0) is 131 Å². The second kappa shape index (κ2) is 16.4. The fourth-order valence-corrected chi connectivity index (χ4v) is 7.36. The molecule has 0 saturated carbocycles. The molecule has 4 heterocycles. The van der Waals surface area contributed by atoms with Crippen molar-refractivity contribution in [3.05, 3.63) is 131 Å². The van der Waals surface area contributed by atoms with Gasteiger partial charge in [0.25, 0.3) is 0 Å². The highest BCUT2D eigenvalue weighted by Gasteiger charge is 2.16. The lowest BCUT2D eigenvalue weighted by Crippen LogP contribution is -2.00. The third kappa shape index (κ3) is 8.63. The minimum atomic E-state index is 0.402. The SMILES string of the molecule is Cc1noc(C)c1-c1cc(I)c2nc(Cl)[nH]c2c1.Cc1noc(C)c1-c1cc(I)c2nc(NCc3ccccc3)[nH]c2c1.NCc1ccccc1. The molecule has 0 aliphatic heterocycles. The number of nitrogens with two attached hydrogens (primary N) is 1. The Labute approximate surface area is 327 Å². The molecule has 0 unspecified atom stereocenters. The van der Waals surface area contributed by atoms with Gasteiger partial charge in [-0.1, -0.05) is 71.0 Å². The number of anilines is 1. The van der Waals surface area contributed by atoms with Gasteiger partial charge in [-0.3, -0.25) is 0 Å². The number of imidazole rings is 2. The first-order valence-corrected chi connectivity index (χ1v) is 18.6. The lowest BCUT2D eigenvalue weighted by Gasteiger charge is -2.02. The van der Waals surface area contributed by atoms with Crippen LogP contribution in [0.1, 0.15) is 34.0 Å². The van der Waals surface area contributed by atoms with Crippen LogP contribution in [0.25, 0.3) is 44.3 Å². The van der Waals surface area contributed by atoms with Crippen molar-refractivity contribution in [3.63, 3.8) is 0 Å². The lowest BCUT2D eigenvalue weighted by molar-refractivity contribution is 0.393. The van der Waals surface area contributed by atoms with E-state index in [1.165, 1.54) is 11.1 Å². The van der Waals surface area contributed by atoms with Crippen LogP contribution >= 0.6 is 56.8 Å². The number of nitrogens with zero attached hydrogens (tertiary/aromatic N) is 4. The van der Waals surface area contributed by atoms with Gasteiger partial charge < -0.3 is 30.1 Å². The van der Waals surface area contributed by atoms with Crippen molar-refractivity contribution < 1.29 is 9.05 Å². The van der Waals surface area contributed by atoms with Gasteiger partial charge in [0, 0.05) is 31.4 Å². The van der Waals surface area contributed by atoms with E-state index in [4.69, 9.17) is 26.4 Å². The molecule has 0 atom stereocenters. The molecular formula is C38H35ClI2N8O2. The molecule has 0 saturated heterocycles. The first-order valence-electron chi connectivity index (χ1n) is 16.0. The van der Waals surface area contributed by atoms with E-state index in [-0.39, 0.29) is 0 Å². The molecule has 8 aromatic rings. The van der Waals surface area contributed by atoms with E-state index < -0.39 is 0 Å². The van der Waals surface area contributed by atoms with Crippen molar-refractivity contribution in [2.75, 3.05) is 5.32 Å². The summed E-state index contributed by atoms with van der Waals surface area (Å²) in [6, 6.07) is 28.6. The molecule has 0 aliphatic carbocycles. The number of hydrogen-bond acceptors (Lipinski definition) is 8. The first kappa shape index (κ1) is 36.5. The molecule has 5 N–H and O–H groups in total. The van der Waals surface area contributed by atoms with Crippen molar-refractivity contribution in [3.8, 4) is 22.3 Å². The second-order valence-corrected chi connectivity index (χ2v) is 14.4. The van der Waals surface area contributed by atoms with Crippen LogP contribution in [0.2, 0.25) is 5.28 Å². The maximum Gasteiger partial charge on any atom is 0.201 e. The zero-order valence-electron chi connectivity index (χ0n) is 28.3. The Kier molecular flexibility index (Phi) is 11.7. The average molecular weight is 925 g/mol. The monoisotopic (exact) mass is 924 g/mol. The number of halogens is 3. The molecule has 4 aromatic heterocycles. The van der Waals surface area contributed by atoms with Crippen molar-refractivity contribution >= 4 is 84.8 Å². The van der Waals surface area contributed by atoms with E-state index in [0.29, 0.717) is 11.8 Å². The number of aromatic nitrogens is 6. The normalized spacial score (nSPS) is 10.9. The average Bonchev–Trinajstić information content (AvgIpc) is 3.90. The van der Waals surface area contributed by atoms with Crippen LogP contribution in [-0.2, 0) is 13.1 Å². The number of fused-ring (bicyclic) bond motifs is 2. The van der Waals surface area contributed by atoms with Gasteiger partial charge in [-0.2, -0.15) is 0 Å². The Morgan fingerprint density at radius 2 is 1.18 bits per heavy atom. The third-order valence-corrected chi connectivity index (χ3v) is 9.90. The smallest absolute Gasteiger partial charge is 0.201 e. The highest BCUT2D eigenvalue weighted by molar-refractivity contribution is 14.1. The molecule has 0 amide bonds. The highest BCUT2D eigenvalue weighted by atomic mass is 127. The topological polar surface area (TPSA) is 147 Å². The van der Waals surface area contributed by atoms with Crippen LogP contribution in [0.15, 0.2) is 94.0 Å². The van der Waals surface area contributed by atoms with Crippen LogP contribution < -0.4 is 11.1 Å². The summed E-state index contributed by atoms with van der Waals surface area (Å²) in [5.74, 6) is 2.41. The Balaban J connectivity index is 0.000000150. The quantitative estimate of drug-likeness (QED) is 0.121. The van der Waals surface area contributed by atoms with E-state index >= 15 is 0 Å². The van der Waals surface area contributed by atoms with E-state index in [9.17, 15) is 0 Å². The van der Waals surface area contributed by atoms with E-state index in [1.54, 1.807) is 0 Å². The Bertz CT molecular complexity index is 2360. The number of hydrogen-bond donors (Lipinski definition) is 4. The van der Waals surface area contributed by atoms with Gasteiger partial charge in [0.1, 0.15) is 22.6 Å². The summed E-state index contributed by atoms with van der Waals surface area (Å²) < 4.78 is 12.6. The van der Waals surface area contributed by atoms with Crippen LogP contribution in [0.3, 0.4) is 0 Å². The number of rotatable bonds is 6. The van der Waals surface area contributed by atoms with Gasteiger partial charge >= 0.3 is 0 Å². The predicted molar refractivity (Wildman–Crippen MR) is 221 cm³/mol. The van der Waals surface area contributed by atoms with Crippen LogP contribution in [0, 0.1) is 34.8 Å². The molecule has 0 spiro atoms. The van der Waals surface area contributed by atoms with Crippen molar-refractivity contribution in [2.45, 2.75) is 40.8 Å². The summed E-state index contributed by atoms with van der Waals surface area (Å²) >= 11 is 10.5. The second-order valence-electron chi connectivity index (χ2n) is 11.7. The number of aromatic amines is 2. The maximum absolute atomic E-state index is 5.89. The van der Waals surface area contributed by atoms with Crippen LogP contribution in [-0.4, -0.2) is 30.2 Å². The molecule has 10 nitrogen and oxygen atoms in total. The summed E-state index contributed by atoms with van der Waals surface area (Å²) in [4.78, 5) is 15.3. The number of benzene rings is 4. The molecule has 13 heteroatoms. The lowest BCUT2D eigenvalue weighted by atomic mass is 10.0. The maximum atomic E-state index is 5.89. The van der Waals surface area contributed by atoms with E-state index in [1.807, 2.05) is 82.3 Å².